The van der Waals surface area contributed by atoms with E-state index in [1.54, 1.807) is 0 Å². The van der Waals surface area contributed by atoms with Crippen LogP contribution >= 0.6 is 0 Å². The van der Waals surface area contributed by atoms with Crippen molar-refractivity contribution in [1.29, 1.82) is 0 Å². The Labute approximate surface area is 126 Å². The minimum atomic E-state index is 0.260. The molecule has 4 rings (SSSR count). The molecule has 0 radical (unpaired) electrons. The molecule has 1 aromatic carbocycles. The molecule has 0 saturated heterocycles. The molecule has 3 heteroatoms. The van der Waals surface area contributed by atoms with E-state index >= 15 is 0 Å². The standard InChI is InChI=1S/C18H24N2O/c1-10(19-2)11-5-7-14(8-6-11)20-18(21)17-15-12-3-4-13(9-12)16(15)17/h5-8,10,12-13,15-17,19H,3-4,9H2,1-2H3,(H,20,21). The number of anilines is 1. The van der Waals surface area contributed by atoms with Crippen LogP contribution in [-0.2, 0) is 4.79 Å². The van der Waals surface area contributed by atoms with Crippen LogP contribution < -0.4 is 10.6 Å². The van der Waals surface area contributed by atoms with Gasteiger partial charge in [0.2, 0.25) is 5.91 Å². The van der Waals surface area contributed by atoms with E-state index in [0.29, 0.717) is 23.8 Å². The average molecular weight is 284 g/mol. The van der Waals surface area contributed by atoms with Crippen molar-refractivity contribution < 1.29 is 4.79 Å². The Hall–Kier alpha value is -1.35. The van der Waals surface area contributed by atoms with Crippen LogP contribution in [0.1, 0.15) is 37.8 Å². The molecule has 3 fully saturated rings. The summed E-state index contributed by atoms with van der Waals surface area (Å²) in [5, 5.41) is 6.35. The molecule has 2 bridgehead atoms. The molecule has 3 aliphatic rings. The molecule has 5 atom stereocenters. The van der Waals surface area contributed by atoms with E-state index in [0.717, 1.165) is 17.5 Å². The summed E-state index contributed by atoms with van der Waals surface area (Å²) in [6.45, 7) is 2.13. The van der Waals surface area contributed by atoms with E-state index in [-0.39, 0.29) is 5.91 Å². The van der Waals surface area contributed by atoms with Crippen molar-refractivity contribution in [2.24, 2.45) is 29.6 Å². The molecule has 2 N–H and O–H groups in total. The number of carbonyl (C=O) groups is 1. The summed E-state index contributed by atoms with van der Waals surface area (Å²) in [6, 6.07) is 8.57. The normalized spacial score (nSPS) is 37.1. The second kappa shape index (κ2) is 4.84. The SMILES string of the molecule is CNC(C)c1ccc(NC(=O)C2C3C4CCC(C4)C23)cc1. The summed E-state index contributed by atoms with van der Waals surface area (Å²) < 4.78 is 0. The maximum absolute atomic E-state index is 12.5. The van der Waals surface area contributed by atoms with E-state index in [4.69, 9.17) is 0 Å². The van der Waals surface area contributed by atoms with Gasteiger partial charge in [-0.05, 0) is 74.6 Å². The van der Waals surface area contributed by atoms with E-state index in [1.165, 1.54) is 24.8 Å². The molecule has 0 aromatic heterocycles. The molecule has 5 unspecified atom stereocenters. The summed E-state index contributed by atoms with van der Waals surface area (Å²) >= 11 is 0. The quantitative estimate of drug-likeness (QED) is 0.891. The smallest absolute Gasteiger partial charge is 0.228 e. The highest BCUT2D eigenvalue weighted by molar-refractivity contribution is 5.95. The fourth-order valence-corrected chi connectivity index (χ4v) is 4.92. The summed E-state index contributed by atoms with van der Waals surface area (Å²) in [7, 11) is 1.96. The second-order valence-electron chi connectivity index (χ2n) is 7.14. The van der Waals surface area contributed by atoms with Gasteiger partial charge in [0, 0.05) is 17.6 Å². The van der Waals surface area contributed by atoms with Crippen molar-refractivity contribution in [2.45, 2.75) is 32.2 Å². The lowest BCUT2D eigenvalue weighted by Gasteiger charge is -2.12. The first-order valence-corrected chi connectivity index (χ1v) is 8.27. The zero-order valence-corrected chi connectivity index (χ0v) is 12.8. The molecular weight excluding hydrogens is 260 g/mol. The van der Waals surface area contributed by atoms with Gasteiger partial charge in [0.05, 0.1) is 0 Å². The van der Waals surface area contributed by atoms with E-state index in [1.807, 2.05) is 19.2 Å². The molecule has 0 aliphatic heterocycles. The van der Waals surface area contributed by atoms with E-state index < -0.39 is 0 Å². The summed E-state index contributed by atoms with van der Waals surface area (Å²) in [5.74, 6) is 3.71. The van der Waals surface area contributed by atoms with Crippen molar-refractivity contribution >= 4 is 11.6 Å². The van der Waals surface area contributed by atoms with Crippen molar-refractivity contribution in [3.05, 3.63) is 29.8 Å². The first-order chi connectivity index (χ1) is 10.2. The molecule has 3 saturated carbocycles. The third kappa shape index (κ3) is 2.10. The number of rotatable bonds is 4. The zero-order valence-electron chi connectivity index (χ0n) is 12.8. The van der Waals surface area contributed by atoms with Crippen LogP contribution in [0.4, 0.5) is 5.69 Å². The van der Waals surface area contributed by atoms with Gasteiger partial charge < -0.3 is 10.6 Å². The first-order valence-electron chi connectivity index (χ1n) is 8.27. The third-order valence-electron chi connectivity index (χ3n) is 6.15. The third-order valence-corrected chi connectivity index (χ3v) is 6.15. The highest BCUT2D eigenvalue weighted by atomic mass is 16.2. The Kier molecular flexibility index (Phi) is 3.07. The second-order valence-corrected chi connectivity index (χ2v) is 7.14. The summed E-state index contributed by atoms with van der Waals surface area (Å²) in [4.78, 5) is 12.5. The summed E-state index contributed by atoms with van der Waals surface area (Å²) in [6.07, 6.45) is 4.13. The number of fused-ring (bicyclic) bond motifs is 5. The fourth-order valence-electron chi connectivity index (χ4n) is 4.92. The van der Waals surface area contributed by atoms with Gasteiger partial charge in [-0.3, -0.25) is 4.79 Å². The van der Waals surface area contributed by atoms with Gasteiger partial charge in [-0.1, -0.05) is 12.1 Å². The Bertz CT molecular complexity index is 537. The maximum atomic E-state index is 12.5. The minimum absolute atomic E-state index is 0.260. The number of hydrogen-bond acceptors (Lipinski definition) is 2. The van der Waals surface area contributed by atoms with Crippen LogP contribution in [0.15, 0.2) is 24.3 Å². The monoisotopic (exact) mass is 284 g/mol. The molecule has 21 heavy (non-hydrogen) atoms. The maximum Gasteiger partial charge on any atom is 0.228 e. The molecule has 1 amide bonds. The van der Waals surface area contributed by atoms with Crippen LogP contribution in [0.2, 0.25) is 0 Å². The van der Waals surface area contributed by atoms with Gasteiger partial charge in [0.1, 0.15) is 0 Å². The first kappa shape index (κ1) is 13.3. The van der Waals surface area contributed by atoms with Crippen LogP contribution in [0, 0.1) is 29.6 Å². The lowest BCUT2D eigenvalue weighted by atomic mass is 10.0. The fraction of sp³-hybridized carbons (Fsp3) is 0.611. The van der Waals surface area contributed by atoms with Crippen molar-refractivity contribution in [1.82, 2.24) is 5.32 Å². The molecule has 1 aromatic rings. The van der Waals surface area contributed by atoms with Gasteiger partial charge in [-0.2, -0.15) is 0 Å². The minimum Gasteiger partial charge on any atom is -0.326 e. The number of hydrogen-bond donors (Lipinski definition) is 2. The van der Waals surface area contributed by atoms with Gasteiger partial charge in [0.15, 0.2) is 0 Å². The molecule has 0 heterocycles. The van der Waals surface area contributed by atoms with Crippen molar-refractivity contribution in [3.8, 4) is 0 Å². The topological polar surface area (TPSA) is 41.1 Å². The van der Waals surface area contributed by atoms with Crippen molar-refractivity contribution in [2.75, 3.05) is 12.4 Å². The molecule has 112 valence electrons. The average Bonchev–Trinajstić information content (AvgIpc) is 2.96. The largest absolute Gasteiger partial charge is 0.326 e. The van der Waals surface area contributed by atoms with Gasteiger partial charge in [-0.25, -0.2) is 0 Å². The molecule has 3 nitrogen and oxygen atoms in total. The summed E-state index contributed by atoms with van der Waals surface area (Å²) in [5.41, 5.74) is 2.18. The van der Waals surface area contributed by atoms with Crippen LogP contribution in [0.5, 0.6) is 0 Å². The Morgan fingerprint density at radius 3 is 2.33 bits per heavy atom. The zero-order chi connectivity index (χ0) is 14.6. The predicted molar refractivity (Wildman–Crippen MR) is 83.8 cm³/mol. The lowest BCUT2D eigenvalue weighted by Crippen LogP contribution is -2.18. The molecular formula is C18H24N2O. The van der Waals surface area contributed by atoms with Crippen LogP contribution in [-0.4, -0.2) is 13.0 Å². The van der Waals surface area contributed by atoms with Gasteiger partial charge in [0.25, 0.3) is 0 Å². The number of carbonyl (C=O) groups excluding carboxylic acids is 1. The van der Waals surface area contributed by atoms with Crippen LogP contribution in [0.3, 0.4) is 0 Å². The van der Waals surface area contributed by atoms with E-state index in [9.17, 15) is 4.79 Å². The molecule has 3 aliphatic carbocycles. The van der Waals surface area contributed by atoms with Gasteiger partial charge >= 0.3 is 0 Å². The predicted octanol–water partition coefficient (Wildman–Crippen LogP) is 3.20. The highest BCUT2D eigenvalue weighted by Crippen LogP contribution is 2.69. The number of amides is 1. The van der Waals surface area contributed by atoms with Crippen molar-refractivity contribution in [3.63, 3.8) is 0 Å². The number of benzene rings is 1. The Balaban J connectivity index is 1.39. The highest BCUT2D eigenvalue weighted by Gasteiger charge is 2.67. The Morgan fingerprint density at radius 1 is 1.14 bits per heavy atom. The van der Waals surface area contributed by atoms with E-state index in [2.05, 4.69) is 29.7 Å². The van der Waals surface area contributed by atoms with Gasteiger partial charge in [-0.15, -0.1) is 0 Å². The Morgan fingerprint density at radius 2 is 1.76 bits per heavy atom. The molecule has 0 spiro atoms. The van der Waals surface area contributed by atoms with Crippen LogP contribution in [0.25, 0.3) is 0 Å². The lowest BCUT2D eigenvalue weighted by molar-refractivity contribution is -0.118. The number of nitrogens with one attached hydrogen (secondary N) is 2.